The number of nitro benzene ring substituents is 1. The Balaban J connectivity index is 2.08. The van der Waals surface area contributed by atoms with Crippen LogP contribution in [0.25, 0.3) is 10.2 Å². The molecule has 6 nitrogen and oxygen atoms in total. The lowest BCUT2D eigenvalue weighted by molar-refractivity contribution is -0.384. The standard InChI is InChI=1S/C15H10BrN3O3S/c1-18-12-7-6-11(19(21)22)8-13(12)23-15(18)17-14(20)9-2-4-10(16)5-3-9/h2-8H,1H3. The lowest BCUT2D eigenvalue weighted by atomic mass is 10.2. The molecule has 0 unspecified atom stereocenters. The van der Waals surface area contributed by atoms with E-state index in [-0.39, 0.29) is 11.6 Å². The molecule has 0 spiro atoms. The molecule has 23 heavy (non-hydrogen) atoms. The molecule has 0 bridgehead atoms. The van der Waals surface area contributed by atoms with E-state index >= 15 is 0 Å². The number of carbonyl (C=O) groups is 1. The molecule has 2 aromatic carbocycles. The van der Waals surface area contributed by atoms with Crippen molar-refractivity contribution < 1.29 is 9.72 Å². The van der Waals surface area contributed by atoms with Gasteiger partial charge >= 0.3 is 0 Å². The molecule has 0 aliphatic carbocycles. The fourth-order valence-electron chi connectivity index (χ4n) is 2.09. The second-order valence-corrected chi connectivity index (χ2v) is 6.70. The maximum atomic E-state index is 12.2. The quantitative estimate of drug-likeness (QED) is 0.493. The zero-order valence-electron chi connectivity index (χ0n) is 11.9. The van der Waals surface area contributed by atoms with Crippen LogP contribution in [0.4, 0.5) is 5.69 Å². The summed E-state index contributed by atoms with van der Waals surface area (Å²) in [4.78, 5) is 27.3. The number of aryl methyl sites for hydroxylation is 1. The molecule has 0 saturated heterocycles. The molecular weight excluding hydrogens is 382 g/mol. The summed E-state index contributed by atoms with van der Waals surface area (Å²) in [7, 11) is 1.78. The Morgan fingerprint density at radius 1 is 1.26 bits per heavy atom. The maximum absolute atomic E-state index is 12.2. The van der Waals surface area contributed by atoms with E-state index in [0.717, 1.165) is 9.99 Å². The van der Waals surface area contributed by atoms with E-state index in [0.29, 0.717) is 15.1 Å². The summed E-state index contributed by atoms with van der Waals surface area (Å²) in [5.74, 6) is -0.353. The largest absolute Gasteiger partial charge is 0.319 e. The van der Waals surface area contributed by atoms with Gasteiger partial charge in [0.1, 0.15) is 0 Å². The van der Waals surface area contributed by atoms with E-state index in [4.69, 9.17) is 0 Å². The number of carbonyl (C=O) groups excluding carboxylic acids is 1. The van der Waals surface area contributed by atoms with Crippen LogP contribution in [-0.4, -0.2) is 15.4 Å². The third kappa shape index (κ3) is 3.08. The van der Waals surface area contributed by atoms with Gasteiger partial charge in [-0.15, -0.1) is 0 Å². The number of rotatable bonds is 2. The zero-order chi connectivity index (χ0) is 16.6. The summed E-state index contributed by atoms with van der Waals surface area (Å²) < 4.78 is 3.35. The van der Waals surface area contributed by atoms with E-state index in [1.807, 2.05) is 0 Å². The number of non-ortho nitro benzene ring substituents is 1. The van der Waals surface area contributed by atoms with Crippen molar-refractivity contribution in [2.75, 3.05) is 0 Å². The molecule has 116 valence electrons. The topological polar surface area (TPSA) is 77.5 Å². The van der Waals surface area contributed by atoms with Gasteiger partial charge in [0, 0.05) is 29.2 Å². The monoisotopic (exact) mass is 391 g/mol. The summed E-state index contributed by atoms with van der Waals surface area (Å²) >= 11 is 4.56. The number of hydrogen-bond acceptors (Lipinski definition) is 4. The van der Waals surface area contributed by atoms with E-state index in [1.54, 1.807) is 41.9 Å². The van der Waals surface area contributed by atoms with Crippen molar-refractivity contribution in [3.05, 3.63) is 67.4 Å². The minimum atomic E-state index is -0.442. The first-order valence-electron chi connectivity index (χ1n) is 6.54. The Morgan fingerprint density at radius 2 is 1.96 bits per heavy atom. The predicted molar refractivity (Wildman–Crippen MR) is 91.5 cm³/mol. The van der Waals surface area contributed by atoms with Crippen LogP contribution in [0.2, 0.25) is 0 Å². The van der Waals surface area contributed by atoms with Crippen LogP contribution in [0, 0.1) is 10.1 Å². The van der Waals surface area contributed by atoms with Crippen LogP contribution in [0.3, 0.4) is 0 Å². The number of nitrogens with zero attached hydrogens (tertiary/aromatic N) is 3. The van der Waals surface area contributed by atoms with E-state index < -0.39 is 4.92 Å². The molecular formula is C15H10BrN3O3S. The average Bonchev–Trinajstić information content (AvgIpc) is 2.83. The van der Waals surface area contributed by atoms with E-state index in [1.165, 1.54) is 23.5 Å². The lowest BCUT2D eigenvalue weighted by Gasteiger charge is -1.96. The molecule has 1 aromatic heterocycles. The number of halogens is 1. The SMILES string of the molecule is Cn1c(=NC(=O)c2ccc(Br)cc2)sc2cc([N+](=O)[O-])ccc21. The molecule has 0 fully saturated rings. The van der Waals surface area contributed by atoms with E-state index in [9.17, 15) is 14.9 Å². The summed E-state index contributed by atoms with van der Waals surface area (Å²) in [6.45, 7) is 0. The van der Waals surface area contributed by atoms with Crippen LogP contribution in [0.5, 0.6) is 0 Å². The third-order valence-corrected chi connectivity index (χ3v) is 4.92. The van der Waals surface area contributed by atoms with Crippen LogP contribution in [-0.2, 0) is 7.05 Å². The molecule has 0 aliphatic rings. The number of nitro groups is 1. The molecule has 0 N–H and O–H groups in total. The second kappa shape index (κ2) is 6.05. The summed E-state index contributed by atoms with van der Waals surface area (Å²) in [5.41, 5.74) is 1.30. The van der Waals surface area contributed by atoms with Crippen molar-refractivity contribution in [3.8, 4) is 0 Å². The van der Waals surface area contributed by atoms with Crippen LogP contribution in [0.1, 0.15) is 10.4 Å². The lowest BCUT2D eigenvalue weighted by Crippen LogP contribution is -2.13. The van der Waals surface area contributed by atoms with Crippen LogP contribution >= 0.6 is 27.3 Å². The Morgan fingerprint density at radius 3 is 2.61 bits per heavy atom. The highest BCUT2D eigenvalue weighted by Crippen LogP contribution is 2.22. The Kier molecular flexibility index (Phi) is 4.10. The van der Waals surface area contributed by atoms with Crippen molar-refractivity contribution in [1.29, 1.82) is 0 Å². The van der Waals surface area contributed by atoms with Gasteiger partial charge in [0.15, 0.2) is 4.80 Å². The number of fused-ring (bicyclic) bond motifs is 1. The molecule has 1 heterocycles. The number of thiazole rings is 1. The number of hydrogen-bond donors (Lipinski definition) is 0. The molecule has 3 aromatic rings. The molecule has 0 atom stereocenters. The minimum Gasteiger partial charge on any atom is -0.319 e. The summed E-state index contributed by atoms with van der Waals surface area (Å²) in [5, 5.41) is 10.8. The predicted octanol–water partition coefficient (Wildman–Crippen LogP) is 3.65. The van der Waals surface area contributed by atoms with Gasteiger partial charge in [-0.3, -0.25) is 14.9 Å². The van der Waals surface area contributed by atoms with E-state index in [2.05, 4.69) is 20.9 Å². The maximum Gasteiger partial charge on any atom is 0.279 e. The van der Waals surface area contributed by atoms with Gasteiger partial charge in [0.25, 0.3) is 11.6 Å². The van der Waals surface area contributed by atoms with Gasteiger partial charge in [0.05, 0.1) is 15.1 Å². The van der Waals surface area contributed by atoms with Crippen LogP contribution in [0.15, 0.2) is 51.9 Å². The first-order valence-corrected chi connectivity index (χ1v) is 8.15. The van der Waals surface area contributed by atoms with Gasteiger partial charge < -0.3 is 4.57 Å². The Hall–Kier alpha value is -2.32. The molecule has 0 aliphatic heterocycles. The average molecular weight is 392 g/mol. The van der Waals surface area contributed by atoms with Gasteiger partial charge in [-0.2, -0.15) is 4.99 Å². The first kappa shape index (κ1) is 15.6. The molecule has 3 rings (SSSR count). The van der Waals surface area contributed by atoms with Crippen molar-refractivity contribution in [3.63, 3.8) is 0 Å². The Labute approximate surface area is 143 Å². The number of amides is 1. The number of benzene rings is 2. The highest BCUT2D eigenvalue weighted by atomic mass is 79.9. The first-order chi connectivity index (χ1) is 11.0. The minimum absolute atomic E-state index is 0.0186. The molecule has 0 saturated carbocycles. The van der Waals surface area contributed by atoms with Crippen molar-refractivity contribution in [2.24, 2.45) is 12.0 Å². The highest BCUT2D eigenvalue weighted by Gasteiger charge is 2.11. The van der Waals surface area contributed by atoms with Gasteiger partial charge in [0.2, 0.25) is 0 Å². The fourth-order valence-corrected chi connectivity index (χ4v) is 3.40. The summed E-state index contributed by atoms with van der Waals surface area (Å²) in [6.07, 6.45) is 0. The normalized spacial score (nSPS) is 11.8. The second-order valence-electron chi connectivity index (χ2n) is 4.78. The van der Waals surface area contributed by atoms with Gasteiger partial charge in [-0.25, -0.2) is 0 Å². The molecule has 1 amide bonds. The number of aromatic nitrogens is 1. The highest BCUT2D eigenvalue weighted by molar-refractivity contribution is 9.10. The van der Waals surface area contributed by atoms with Crippen molar-refractivity contribution in [2.45, 2.75) is 0 Å². The zero-order valence-corrected chi connectivity index (χ0v) is 14.3. The fraction of sp³-hybridized carbons (Fsp3) is 0.0667. The molecule has 8 heteroatoms. The van der Waals surface area contributed by atoms with Gasteiger partial charge in [-0.1, -0.05) is 27.3 Å². The van der Waals surface area contributed by atoms with Crippen LogP contribution < -0.4 is 4.80 Å². The van der Waals surface area contributed by atoms with Gasteiger partial charge in [-0.05, 0) is 30.3 Å². The van der Waals surface area contributed by atoms with Crippen molar-refractivity contribution >= 4 is 49.1 Å². The smallest absolute Gasteiger partial charge is 0.279 e. The third-order valence-electron chi connectivity index (χ3n) is 3.29. The summed E-state index contributed by atoms with van der Waals surface area (Å²) in [6, 6.07) is 11.5. The molecule has 0 radical (unpaired) electrons. The Bertz CT molecular complexity index is 989. The van der Waals surface area contributed by atoms with Crippen molar-refractivity contribution in [1.82, 2.24) is 4.57 Å².